The number of ether oxygens (including phenoxy) is 2. The molecule has 0 aliphatic heterocycles. The zero-order valence-corrected chi connectivity index (χ0v) is 21.1. The predicted octanol–water partition coefficient (Wildman–Crippen LogP) is 4.01. The van der Waals surface area contributed by atoms with E-state index in [0.717, 1.165) is 9.87 Å². The third-order valence-corrected chi connectivity index (χ3v) is 7.14. The van der Waals surface area contributed by atoms with Gasteiger partial charge in [0.2, 0.25) is 10.0 Å². The minimum absolute atomic E-state index is 0.0170. The molecule has 0 unspecified atom stereocenters. The van der Waals surface area contributed by atoms with Crippen molar-refractivity contribution >= 4 is 33.7 Å². The number of nitrogens with zero attached hydrogens (tertiary/aromatic N) is 2. The Bertz CT molecular complexity index is 1290. The minimum atomic E-state index is -3.96. The SMILES string of the molecule is COc1ccc(C=NNC(=O)CN(Cc2ccc(Cl)cc2)S(=O)(=O)c2ccc(C)cc2)c(OC)c1. The Morgan fingerprint density at radius 1 is 1.03 bits per heavy atom. The van der Waals surface area contributed by atoms with Crippen LogP contribution < -0.4 is 14.9 Å². The van der Waals surface area contributed by atoms with E-state index in [0.29, 0.717) is 27.6 Å². The van der Waals surface area contributed by atoms with Crippen molar-refractivity contribution in [3.05, 3.63) is 88.4 Å². The summed E-state index contributed by atoms with van der Waals surface area (Å²) in [6.45, 7) is 1.41. The first-order chi connectivity index (χ1) is 16.7. The van der Waals surface area contributed by atoms with Gasteiger partial charge in [-0.3, -0.25) is 4.79 Å². The van der Waals surface area contributed by atoms with Crippen LogP contribution in [0, 0.1) is 6.92 Å². The summed E-state index contributed by atoms with van der Waals surface area (Å²) in [6.07, 6.45) is 1.41. The Kier molecular flexibility index (Phi) is 8.86. The Balaban J connectivity index is 1.79. The highest BCUT2D eigenvalue weighted by Gasteiger charge is 2.27. The number of nitrogens with one attached hydrogen (secondary N) is 1. The van der Waals surface area contributed by atoms with Gasteiger partial charge in [0, 0.05) is 23.2 Å². The third-order valence-electron chi connectivity index (χ3n) is 5.08. The largest absolute Gasteiger partial charge is 0.497 e. The van der Waals surface area contributed by atoms with Gasteiger partial charge in [-0.15, -0.1) is 0 Å². The van der Waals surface area contributed by atoms with Crippen LogP contribution in [0.3, 0.4) is 0 Å². The molecule has 0 radical (unpaired) electrons. The van der Waals surface area contributed by atoms with Crippen LogP contribution in [-0.2, 0) is 21.4 Å². The molecule has 0 atom stereocenters. The molecule has 0 saturated carbocycles. The average Bonchev–Trinajstić information content (AvgIpc) is 2.85. The van der Waals surface area contributed by atoms with E-state index in [-0.39, 0.29) is 11.4 Å². The molecule has 0 fully saturated rings. The number of halogens is 1. The zero-order chi connectivity index (χ0) is 25.4. The number of carbonyl (C=O) groups excluding carboxylic acids is 1. The molecule has 3 aromatic rings. The summed E-state index contributed by atoms with van der Waals surface area (Å²) in [7, 11) is -0.909. The topological polar surface area (TPSA) is 97.3 Å². The Morgan fingerprint density at radius 3 is 2.34 bits per heavy atom. The summed E-state index contributed by atoms with van der Waals surface area (Å²) in [5.41, 5.74) is 4.61. The number of aryl methyl sites for hydroxylation is 1. The number of carbonyl (C=O) groups is 1. The molecule has 0 spiro atoms. The lowest BCUT2D eigenvalue weighted by Gasteiger charge is -2.21. The molecule has 0 bridgehead atoms. The van der Waals surface area contributed by atoms with Crippen LogP contribution >= 0.6 is 11.6 Å². The van der Waals surface area contributed by atoms with Crippen molar-refractivity contribution in [2.75, 3.05) is 20.8 Å². The lowest BCUT2D eigenvalue weighted by atomic mass is 10.2. The van der Waals surface area contributed by atoms with E-state index < -0.39 is 22.5 Å². The number of rotatable bonds is 10. The van der Waals surface area contributed by atoms with Crippen molar-refractivity contribution in [1.82, 2.24) is 9.73 Å². The number of methoxy groups -OCH3 is 2. The van der Waals surface area contributed by atoms with E-state index in [2.05, 4.69) is 10.5 Å². The van der Waals surface area contributed by atoms with Crippen molar-refractivity contribution in [2.45, 2.75) is 18.4 Å². The average molecular weight is 516 g/mol. The molecule has 0 heterocycles. The number of sulfonamides is 1. The number of hydrogen-bond acceptors (Lipinski definition) is 6. The van der Waals surface area contributed by atoms with Crippen molar-refractivity contribution < 1.29 is 22.7 Å². The van der Waals surface area contributed by atoms with Gasteiger partial charge >= 0.3 is 0 Å². The molecule has 184 valence electrons. The van der Waals surface area contributed by atoms with Gasteiger partial charge in [0.15, 0.2) is 0 Å². The molecule has 3 rings (SSSR count). The van der Waals surface area contributed by atoms with Gasteiger partial charge in [-0.1, -0.05) is 41.4 Å². The summed E-state index contributed by atoms with van der Waals surface area (Å²) in [5, 5.41) is 4.49. The van der Waals surface area contributed by atoms with Gasteiger partial charge in [-0.25, -0.2) is 13.8 Å². The molecule has 3 aromatic carbocycles. The van der Waals surface area contributed by atoms with E-state index >= 15 is 0 Å². The maximum atomic E-state index is 13.3. The van der Waals surface area contributed by atoms with E-state index in [1.807, 2.05) is 6.92 Å². The molecular formula is C25H26ClN3O5S. The van der Waals surface area contributed by atoms with Crippen LogP contribution in [-0.4, -0.2) is 45.6 Å². The standard InChI is InChI=1S/C25H26ClN3O5S/c1-18-4-12-23(13-5-18)35(31,32)29(16-19-6-9-21(26)10-7-19)17-25(30)28-27-15-20-8-11-22(33-2)14-24(20)34-3/h4-15H,16-17H2,1-3H3,(H,28,30). The summed E-state index contributed by atoms with van der Waals surface area (Å²) in [5.74, 6) is 0.522. The third kappa shape index (κ3) is 7.05. The Morgan fingerprint density at radius 2 is 1.71 bits per heavy atom. The molecule has 10 heteroatoms. The minimum Gasteiger partial charge on any atom is -0.497 e. The van der Waals surface area contributed by atoms with Crippen LogP contribution in [0.1, 0.15) is 16.7 Å². The summed E-state index contributed by atoms with van der Waals surface area (Å²) >= 11 is 5.95. The van der Waals surface area contributed by atoms with Gasteiger partial charge in [-0.05, 0) is 48.9 Å². The zero-order valence-electron chi connectivity index (χ0n) is 19.6. The fraction of sp³-hybridized carbons (Fsp3) is 0.200. The summed E-state index contributed by atoms with van der Waals surface area (Å²) in [4.78, 5) is 12.8. The number of hydrazone groups is 1. The summed E-state index contributed by atoms with van der Waals surface area (Å²) < 4.78 is 38.3. The quantitative estimate of drug-likeness (QED) is 0.325. The van der Waals surface area contributed by atoms with E-state index in [9.17, 15) is 13.2 Å². The molecule has 0 saturated heterocycles. The fourth-order valence-corrected chi connectivity index (χ4v) is 4.68. The van der Waals surface area contributed by atoms with E-state index in [1.54, 1.807) is 61.7 Å². The smallest absolute Gasteiger partial charge is 0.255 e. The number of amides is 1. The molecule has 35 heavy (non-hydrogen) atoms. The van der Waals surface area contributed by atoms with Gasteiger partial charge < -0.3 is 9.47 Å². The van der Waals surface area contributed by atoms with Gasteiger partial charge in [0.25, 0.3) is 5.91 Å². The van der Waals surface area contributed by atoms with Crippen molar-refractivity contribution in [2.24, 2.45) is 5.10 Å². The highest BCUT2D eigenvalue weighted by Crippen LogP contribution is 2.23. The molecule has 0 aromatic heterocycles. The Hall–Kier alpha value is -3.40. The molecule has 1 amide bonds. The number of hydrogen-bond donors (Lipinski definition) is 1. The molecule has 0 aliphatic carbocycles. The highest BCUT2D eigenvalue weighted by molar-refractivity contribution is 7.89. The van der Waals surface area contributed by atoms with Gasteiger partial charge in [0.1, 0.15) is 11.5 Å². The van der Waals surface area contributed by atoms with Crippen LogP contribution in [0.4, 0.5) is 0 Å². The van der Waals surface area contributed by atoms with E-state index in [4.69, 9.17) is 21.1 Å². The predicted molar refractivity (Wildman–Crippen MR) is 136 cm³/mol. The van der Waals surface area contributed by atoms with Gasteiger partial charge in [-0.2, -0.15) is 9.41 Å². The van der Waals surface area contributed by atoms with Crippen molar-refractivity contribution in [1.29, 1.82) is 0 Å². The lowest BCUT2D eigenvalue weighted by Crippen LogP contribution is -2.39. The number of benzene rings is 3. The van der Waals surface area contributed by atoms with E-state index in [1.165, 1.54) is 25.5 Å². The van der Waals surface area contributed by atoms with Crippen molar-refractivity contribution in [3.8, 4) is 11.5 Å². The van der Waals surface area contributed by atoms with Crippen LogP contribution in [0.15, 0.2) is 76.7 Å². The maximum absolute atomic E-state index is 13.3. The second kappa shape index (κ2) is 11.8. The first-order valence-electron chi connectivity index (χ1n) is 10.6. The van der Waals surface area contributed by atoms with Gasteiger partial charge in [0.05, 0.1) is 31.9 Å². The second-order valence-corrected chi connectivity index (χ2v) is 9.99. The van der Waals surface area contributed by atoms with Crippen LogP contribution in [0.5, 0.6) is 11.5 Å². The summed E-state index contributed by atoms with van der Waals surface area (Å²) in [6, 6.07) is 18.4. The second-order valence-electron chi connectivity index (χ2n) is 7.61. The van der Waals surface area contributed by atoms with Crippen LogP contribution in [0.2, 0.25) is 5.02 Å². The Labute approximate surface area is 210 Å². The molecule has 1 N–H and O–H groups in total. The molecule has 8 nitrogen and oxygen atoms in total. The highest BCUT2D eigenvalue weighted by atomic mass is 35.5. The first kappa shape index (κ1) is 26.2. The first-order valence-corrected chi connectivity index (χ1v) is 12.4. The van der Waals surface area contributed by atoms with Crippen LogP contribution in [0.25, 0.3) is 0 Å². The maximum Gasteiger partial charge on any atom is 0.255 e. The van der Waals surface area contributed by atoms with Crippen molar-refractivity contribution in [3.63, 3.8) is 0 Å². The molecular weight excluding hydrogens is 490 g/mol. The lowest BCUT2D eigenvalue weighted by molar-refractivity contribution is -0.121. The molecule has 0 aliphatic rings. The fourth-order valence-electron chi connectivity index (χ4n) is 3.17. The monoisotopic (exact) mass is 515 g/mol. The normalized spacial score (nSPS) is 11.6.